The molecule has 0 radical (unpaired) electrons. The van der Waals surface area contributed by atoms with Crippen LogP contribution in [0.25, 0.3) is 16.6 Å². The average Bonchev–Trinajstić information content (AvgIpc) is 3.20. The molecule has 0 aliphatic heterocycles. The number of ether oxygens (including phenoxy) is 4. The zero-order valence-corrected chi connectivity index (χ0v) is 24.2. The maximum Gasteiger partial charge on any atom is 0.573 e. The van der Waals surface area contributed by atoms with E-state index in [4.69, 9.17) is 14.2 Å². The standard InChI is InChI=1S/C32H32F3NO6/c1-7-27(30(38)42-31(3,4)5)40-23-13-9-11-21(17-23)36-19(2)28(29(37)20-10-8-12-22(16-20)39-6)25-15-14-24(18-26(25)36)41-32(33,34)35/h8-18,27H,7H2,1-6H3/t27-/m1/s1. The second-order valence-corrected chi connectivity index (χ2v) is 10.6. The Balaban J connectivity index is 1.84. The monoisotopic (exact) mass is 583 g/mol. The summed E-state index contributed by atoms with van der Waals surface area (Å²) in [5, 5.41) is 0.432. The van der Waals surface area contributed by atoms with Crippen molar-refractivity contribution in [2.75, 3.05) is 7.11 Å². The number of hydrogen-bond donors (Lipinski definition) is 0. The third-order valence-electron chi connectivity index (χ3n) is 6.36. The molecular weight excluding hydrogens is 551 g/mol. The van der Waals surface area contributed by atoms with Gasteiger partial charge in [-0.15, -0.1) is 13.2 Å². The highest BCUT2D eigenvalue weighted by molar-refractivity contribution is 6.18. The number of rotatable bonds is 9. The van der Waals surface area contributed by atoms with Gasteiger partial charge < -0.3 is 23.5 Å². The molecule has 0 spiro atoms. The lowest BCUT2D eigenvalue weighted by atomic mass is 10.00. The molecule has 222 valence electrons. The van der Waals surface area contributed by atoms with Crippen LogP contribution in [0.15, 0.2) is 66.7 Å². The second kappa shape index (κ2) is 11.8. The fourth-order valence-corrected chi connectivity index (χ4v) is 4.65. The van der Waals surface area contributed by atoms with Gasteiger partial charge in [0.25, 0.3) is 0 Å². The second-order valence-electron chi connectivity index (χ2n) is 10.6. The Labute approximate surface area is 241 Å². The molecule has 4 aromatic rings. The highest BCUT2D eigenvalue weighted by atomic mass is 19.4. The first-order valence-corrected chi connectivity index (χ1v) is 13.3. The molecule has 3 aromatic carbocycles. The molecule has 1 aromatic heterocycles. The highest BCUT2D eigenvalue weighted by Crippen LogP contribution is 2.36. The third kappa shape index (κ3) is 6.87. The van der Waals surface area contributed by atoms with Gasteiger partial charge in [0.05, 0.1) is 18.2 Å². The fraction of sp³-hybridized carbons (Fsp3) is 0.312. The first kappa shape index (κ1) is 30.5. The Hall–Kier alpha value is -4.47. The number of fused-ring (bicyclic) bond motifs is 1. The van der Waals surface area contributed by atoms with Crippen LogP contribution < -0.4 is 14.2 Å². The smallest absolute Gasteiger partial charge is 0.497 e. The van der Waals surface area contributed by atoms with Crippen LogP contribution in [0.4, 0.5) is 13.2 Å². The van der Waals surface area contributed by atoms with E-state index in [1.807, 2.05) is 0 Å². The van der Waals surface area contributed by atoms with Crippen molar-refractivity contribution in [2.45, 2.75) is 59.1 Å². The number of aromatic nitrogens is 1. The SMILES string of the molecule is CC[C@@H](Oc1cccc(-n2c(C)c(C(=O)c3cccc(OC)c3)c3ccc(OC(F)(F)F)cc32)c1)C(=O)OC(C)(C)C. The van der Waals surface area contributed by atoms with E-state index in [2.05, 4.69) is 4.74 Å². The first-order chi connectivity index (χ1) is 19.7. The topological polar surface area (TPSA) is 76.0 Å². The molecule has 1 heterocycles. The number of hydrogen-bond acceptors (Lipinski definition) is 6. The molecule has 7 nitrogen and oxygen atoms in total. The first-order valence-electron chi connectivity index (χ1n) is 13.3. The summed E-state index contributed by atoms with van der Waals surface area (Å²) in [4.78, 5) is 26.5. The van der Waals surface area contributed by atoms with Crippen molar-refractivity contribution in [2.24, 2.45) is 0 Å². The van der Waals surface area contributed by atoms with Crippen molar-refractivity contribution < 1.29 is 41.7 Å². The predicted octanol–water partition coefficient (Wildman–Crippen LogP) is 7.58. The molecule has 0 aliphatic carbocycles. The maximum atomic E-state index is 13.8. The summed E-state index contributed by atoms with van der Waals surface area (Å²) in [6.07, 6.45) is -5.43. The Morgan fingerprint density at radius 1 is 0.905 bits per heavy atom. The van der Waals surface area contributed by atoms with Gasteiger partial charge in [-0.2, -0.15) is 0 Å². The molecule has 10 heteroatoms. The van der Waals surface area contributed by atoms with Crippen molar-refractivity contribution in [1.29, 1.82) is 0 Å². The van der Waals surface area contributed by atoms with Gasteiger partial charge >= 0.3 is 12.3 Å². The third-order valence-corrected chi connectivity index (χ3v) is 6.36. The van der Waals surface area contributed by atoms with Gasteiger partial charge in [0.1, 0.15) is 22.8 Å². The fourth-order valence-electron chi connectivity index (χ4n) is 4.65. The van der Waals surface area contributed by atoms with Crippen LogP contribution in [0.2, 0.25) is 0 Å². The van der Waals surface area contributed by atoms with Crippen LogP contribution in [0.1, 0.15) is 55.7 Å². The molecule has 0 bridgehead atoms. The number of halogens is 3. The molecule has 1 atom stereocenters. The van der Waals surface area contributed by atoms with E-state index in [0.29, 0.717) is 51.3 Å². The summed E-state index contributed by atoms with van der Waals surface area (Å²) in [5.41, 5.74) is 1.27. The minimum Gasteiger partial charge on any atom is -0.497 e. The normalized spacial score (nSPS) is 12.6. The lowest BCUT2D eigenvalue weighted by Crippen LogP contribution is -2.34. The van der Waals surface area contributed by atoms with E-state index < -0.39 is 29.8 Å². The molecule has 0 unspecified atom stereocenters. The van der Waals surface area contributed by atoms with Crippen LogP contribution in [-0.4, -0.2) is 41.5 Å². The number of methoxy groups -OCH3 is 1. The number of carbonyl (C=O) groups is 2. The molecule has 0 fully saturated rings. The van der Waals surface area contributed by atoms with Crippen molar-refractivity contribution in [3.05, 3.63) is 83.6 Å². The van der Waals surface area contributed by atoms with Crippen LogP contribution in [0.5, 0.6) is 17.2 Å². The Morgan fingerprint density at radius 2 is 1.60 bits per heavy atom. The van der Waals surface area contributed by atoms with Gasteiger partial charge in [0.2, 0.25) is 0 Å². The number of benzene rings is 3. The largest absolute Gasteiger partial charge is 0.573 e. The number of ketones is 1. The van der Waals surface area contributed by atoms with Gasteiger partial charge in [-0.1, -0.05) is 25.1 Å². The Morgan fingerprint density at radius 3 is 2.24 bits per heavy atom. The summed E-state index contributed by atoms with van der Waals surface area (Å²) < 4.78 is 61.9. The van der Waals surface area contributed by atoms with E-state index in [9.17, 15) is 22.8 Å². The maximum absolute atomic E-state index is 13.8. The Bertz CT molecular complexity index is 1620. The van der Waals surface area contributed by atoms with E-state index in [-0.39, 0.29) is 5.78 Å². The van der Waals surface area contributed by atoms with Gasteiger partial charge in [0.15, 0.2) is 11.9 Å². The Kier molecular flexibility index (Phi) is 8.56. The van der Waals surface area contributed by atoms with Crippen LogP contribution in [-0.2, 0) is 9.53 Å². The molecular formula is C32H32F3NO6. The van der Waals surface area contributed by atoms with Crippen molar-refractivity contribution >= 4 is 22.7 Å². The molecule has 42 heavy (non-hydrogen) atoms. The van der Waals surface area contributed by atoms with Crippen molar-refractivity contribution in [3.63, 3.8) is 0 Å². The molecule has 0 amide bonds. The quantitative estimate of drug-likeness (QED) is 0.149. The van der Waals surface area contributed by atoms with Crippen molar-refractivity contribution in [1.82, 2.24) is 4.57 Å². The number of esters is 1. The zero-order chi connectivity index (χ0) is 30.8. The van der Waals surface area contributed by atoms with Crippen LogP contribution in [0.3, 0.4) is 0 Å². The molecule has 0 saturated carbocycles. The molecule has 0 saturated heterocycles. The lowest BCUT2D eigenvalue weighted by molar-refractivity contribution is -0.274. The minimum absolute atomic E-state index is 0.309. The number of nitrogens with zero attached hydrogens (tertiary/aromatic N) is 1. The predicted molar refractivity (Wildman–Crippen MR) is 152 cm³/mol. The summed E-state index contributed by atoms with van der Waals surface area (Å²) in [7, 11) is 1.49. The summed E-state index contributed by atoms with van der Waals surface area (Å²) in [6, 6.07) is 17.2. The van der Waals surface area contributed by atoms with E-state index in [1.165, 1.54) is 25.3 Å². The van der Waals surface area contributed by atoms with Crippen LogP contribution >= 0.6 is 0 Å². The summed E-state index contributed by atoms with van der Waals surface area (Å²) in [5.74, 6) is -0.447. The van der Waals surface area contributed by atoms with Gasteiger partial charge in [-0.05, 0) is 70.5 Å². The van der Waals surface area contributed by atoms with Gasteiger partial charge in [-0.3, -0.25) is 4.79 Å². The highest BCUT2D eigenvalue weighted by Gasteiger charge is 2.32. The van der Waals surface area contributed by atoms with E-state index in [0.717, 1.165) is 0 Å². The molecule has 0 aliphatic rings. The molecule has 0 N–H and O–H groups in total. The number of alkyl halides is 3. The summed E-state index contributed by atoms with van der Waals surface area (Å²) >= 11 is 0. The average molecular weight is 584 g/mol. The van der Waals surface area contributed by atoms with E-state index in [1.54, 1.807) is 87.7 Å². The minimum atomic E-state index is -4.90. The molecule has 4 rings (SSSR count). The van der Waals surface area contributed by atoms with E-state index >= 15 is 0 Å². The van der Waals surface area contributed by atoms with Crippen LogP contribution in [0, 0.1) is 6.92 Å². The van der Waals surface area contributed by atoms with Crippen molar-refractivity contribution in [3.8, 4) is 22.9 Å². The number of carbonyl (C=O) groups excluding carboxylic acids is 2. The van der Waals surface area contributed by atoms with Gasteiger partial charge in [0, 0.05) is 34.5 Å². The van der Waals surface area contributed by atoms with Gasteiger partial charge in [-0.25, -0.2) is 4.79 Å². The summed E-state index contributed by atoms with van der Waals surface area (Å²) in [6.45, 7) is 8.79. The lowest BCUT2D eigenvalue weighted by Gasteiger charge is -2.24. The zero-order valence-electron chi connectivity index (χ0n) is 24.2.